The van der Waals surface area contributed by atoms with E-state index >= 15 is 0 Å². The summed E-state index contributed by atoms with van der Waals surface area (Å²) in [5, 5.41) is 0. The first kappa shape index (κ1) is 11.4. The van der Waals surface area contributed by atoms with E-state index < -0.39 is 0 Å². The van der Waals surface area contributed by atoms with Crippen molar-refractivity contribution in [2.75, 3.05) is 4.43 Å². The maximum Gasteiger partial charge on any atom is 0.306 e. The number of allylic oxidation sites excluding steroid dienone is 1. The minimum absolute atomic E-state index is 0.00706. The molecule has 3 heteroatoms. The minimum Gasteiger partial charge on any atom is -0.458 e. The van der Waals surface area contributed by atoms with Crippen LogP contribution in [0.4, 0.5) is 0 Å². The molecule has 0 aromatic heterocycles. The highest BCUT2D eigenvalue weighted by molar-refractivity contribution is 14.1. The van der Waals surface area contributed by atoms with Gasteiger partial charge in [0.05, 0.1) is 6.42 Å². The molecule has 1 heterocycles. The monoisotopic (exact) mass is 320 g/mol. The van der Waals surface area contributed by atoms with Crippen LogP contribution >= 0.6 is 22.6 Å². The molecule has 1 saturated heterocycles. The Morgan fingerprint density at radius 2 is 2.40 bits per heavy atom. The van der Waals surface area contributed by atoms with Gasteiger partial charge in [-0.15, -0.1) is 6.58 Å². The van der Waals surface area contributed by atoms with Crippen LogP contribution in [0.15, 0.2) is 12.7 Å². The lowest BCUT2D eigenvalue weighted by Gasteiger charge is -2.42. The molecule has 1 aliphatic carbocycles. The highest BCUT2D eigenvalue weighted by atomic mass is 127. The van der Waals surface area contributed by atoms with Crippen LogP contribution in [-0.4, -0.2) is 16.0 Å². The van der Waals surface area contributed by atoms with E-state index in [0.29, 0.717) is 18.3 Å². The number of rotatable bonds is 3. The third kappa shape index (κ3) is 1.83. The second-order valence-electron chi connectivity index (χ2n) is 4.62. The Kier molecular flexibility index (Phi) is 3.38. The maximum atomic E-state index is 11.5. The van der Waals surface area contributed by atoms with Crippen molar-refractivity contribution in [3.05, 3.63) is 12.7 Å². The molecule has 3 atom stereocenters. The number of alkyl halides is 1. The van der Waals surface area contributed by atoms with E-state index in [2.05, 4.69) is 29.2 Å². The topological polar surface area (TPSA) is 26.3 Å². The summed E-state index contributed by atoms with van der Waals surface area (Å²) in [5.41, 5.74) is -0.163. The Morgan fingerprint density at radius 1 is 1.60 bits per heavy atom. The second-order valence-corrected chi connectivity index (χ2v) is 5.38. The number of hydrogen-bond donors (Lipinski definition) is 0. The lowest BCUT2D eigenvalue weighted by atomic mass is 9.68. The van der Waals surface area contributed by atoms with Crippen LogP contribution in [0.5, 0.6) is 0 Å². The molecule has 2 fully saturated rings. The average Bonchev–Trinajstić information content (AvgIpc) is 2.56. The molecule has 84 valence electrons. The number of hydrogen-bond acceptors (Lipinski definition) is 2. The summed E-state index contributed by atoms with van der Waals surface area (Å²) in [4.78, 5) is 11.5. The molecule has 2 rings (SSSR count). The largest absolute Gasteiger partial charge is 0.458 e. The minimum atomic E-state index is -0.163. The van der Waals surface area contributed by atoms with Gasteiger partial charge in [-0.2, -0.15) is 0 Å². The highest BCUT2D eigenvalue weighted by Crippen LogP contribution is 2.49. The molecular formula is C12H17IO2. The van der Waals surface area contributed by atoms with E-state index in [9.17, 15) is 4.79 Å². The van der Waals surface area contributed by atoms with Crippen molar-refractivity contribution < 1.29 is 9.53 Å². The van der Waals surface area contributed by atoms with E-state index in [0.717, 1.165) is 17.3 Å². The summed E-state index contributed by atoms with van der Waals surface area (Å²) in [6.07, 6.45) is 7.15. The third-order valence-corrected chi connectivity index (χ3v) is 5.06. The van der Waals surface area contributed by atoms with Gasteiger partial charge in [0.2, 0.25) is 0 Å². The molecule has 0 N–H and O–H groups in total. The number of esters is 1. The average molecular weight is 320 g/mol. The summed E-state index contributed by atoms with van der Waals surface area (Å²) in [6.45, 7) is 3.81. The van der Waals surface area contributed by atoms with Crippen molar-refractivity contribution in [3.8, 4) is 0 Å². The van der Waals surface area contributed by atoms with Crippen molar-refractivity contribution in [3.63, 3.8) is 0 Å². The van der Waals surface area contributed by atoms with Crippen molar-refractivity contribution in [1.82, 2.24) is 0 Å². The first-order valence-electron chi connectivity index (χ1n) is 5.61. The fourth-order valence-corrected chi connectivity index (χ4v) is 4.49. The first-order chi connectivity index (χ1) is 7.23. The highest BCUT2D eigenvalue weighted by Gasteiger charge is 2.54. The fourth-order valence-electron chi connectivity index (χ4n) is 3.09. The molecule has 0 aromatic carbocycles. The van der Waals surface area contributed by atoms with Gasteiger partial charge in [0.25, 0.3) is 0 Å². The normalized spacial score (nSPS) is 39.7. The van der Waals surface area contributed by atoms with Gasteiger partial charge in [0.1, 0.15) is 5.60 Å². The summed E-state index contributed by atoms with van der Waals surface area (Å²) >= 11 is 2.37. The molecule has 0 amide bonds. The summed E-state index contributed by atoms with van der Waals surface area (Å²) < 4.78 is 6.60. The van der Waals surface area contributed by atoms with Crippen LogP contribution < -0.4 is 0 Å². The molecule has 15 heavy (non-hydrogen) atoms. The lowest BCUT2D eigenvalue weighted by Crippen LogP contribution is -2.47. The second kappa shape index (κ2) is 4.44. The Hall–Kier alpha value is -0.0600. The molecule has 0 radical (unpaired) electrons. The Bertz CT molecular complexity index is 277. The van der Waals surface area contributed by atoms with Crippen LogP contribution in [0.1, 0.15) is 32.1 Å². The molecule has 0 bridgehead atoms. The van der Waals surface area contributed by atoms with Gasteiger partial charge in [-0.05, 0) is 19.3 Å². The maximum absolute atomic E-state index is 11.5. The van der Waals surface area contributed by atoms with E-state index in [1.54, 1.807) is 0 Å². The zero-order valence-corrected chi connectivity index (χ0v) is 11.0. The number of fused-ring (bicyclic) bond motifs is 1. The zero-order chi connectivity index (χ0) is 10.9. The SMILES string of the molecule is C=CCC1CCC[C@H]2CC(=O)OC12CI. The van der Waals surface area contributed by atoms with E-state index in [1.165, 1.54) is 12.8 Å². The van der Waals surface area contributed by atoms with Crippen LogP contribution in [-0.2, 0) is 9.53 Å². The van der Waals surface area contributed by atoms with Gasteiger partial charge in [-0.25, -0.2) is 0 Å². The molecule has 2 unspecified atom stereocenters. The summed E-state index contributed by atoms with van der Waals surface area (Å²) in [6, 6.07) is 0. The quantitative estimate of drug-likeness (QED) is 0.346. The van der Waals surface area contributed by atoms with Gasteiger partial charge >= 0.3 is 5.97 Å². The summed E-state index contributed by atoms with van der Waals surface area (Å²) in [7, 11) is 0. The van der Waals surface area contributed by atoms with Gasteiger partial charge < -0.3 is 4.74 Å². The third-order valence-electron chi connectivity index (χ3n) is 3.86. The predicted molar refractivity (Wildman–Crippen MR) is 68.0 cm³/mol. The summed E-state index contributed by atoms with van der Waals surface area (Å²) in [5.74, 6) is 0.963. The van der Waals surface area contributed by atoms with E-state index in [-0.39, 0.29) is 11.6 Å². The zero-order valence-electron chi connectivity index (χ0n) is 8.88. The number of carbonyl (C=O) groups excluding carboxylic acids is 1. The van der Waals surface area contributed by atoms with Gasteiger partial charge in [0.15, 0.2) is 0 Å². The Morgan fingerprint density at radius 3 is 3.07 bits per heavy atom. The molecule has 0 spiro atoms. The van der Waals surface area contributed by atoms with Crippen molar-refractivity contribution in [1.29, 1.82) is 0 Å². The standard InChI is InChI=1S/C12H17IO2/c1-2-4-9-5-3-6-10-7-11(14)15-12(9,10)8-13/h2,9-10H,1,3-8H2/t9?,10-,12?/m0/s1. The van der Waals surface area contributed by atoms with Crippen molar-refractivity contribution in [2.45, 2.75) is 37.7 Å². The molecule has 1 saturated carbocycles. The first-order valence-corrected chi connectivity index (χ1v) is 7.14. The molecule has 2 aliphatic rings. The van der Waals surface area contributed by atoms with E-state index in [1.807, 2.05) is 6.08 Å². The molecule has 1 aliphatic heterocycles. The Labute approximate surface area is 105 Å². The van der Waals surface area contributed by atoms with Crippen LogP contribution in [0, 0.1) is 11.8 Å². The number of ether oxygens (including phenoxy) is 1. The molecular weight excluding hydrogens is 303 g/mol. The number of carbonyl (C=O) groups is 1. The lowest BCUT2D eigenvalue weighted by molar-refractivity contribution is -0.153. The van der Waals surface area contributed by atoms with E-state index in [4.69, 9.17) is 4.74 Å². The van der Waals surface area contributed by atoms with Gasteiger partial charge in [-0.3, -0.25) is 4.79 Å². The van der Waals surface area contributed by atoms with Crippen LogP contribution in [0.3, 0.4) is 0 Å². The fraction of sp³-hybridized carbons (Fsp3) is 0.750. The molecule has 0 aromatic rings. The predicted octanol–water partition coefficient (Wildman–Crippen LogP) is 3.10. The molecule has 2 nitrogen and oxygen atoms in total. The smallest absolute Gasteiger partial charge is 0.306 e. The van der Waals surface area contributed by atoms with Gasteiger partial charge in [-0.1, -0.05) is 35.1 Å². The van der Waals surface area contributed by atoms with Crippen LogP contribution in [0.25, 0.3) is 0 Å². The van der Waals surface area contributed by atoms with Crippen molar-refractivity contribution >= 4 is 28.6 Å². The van der Waals surface area contributed by atoms with Crippen LogP contribution in [0.2, 0.25) is 0 Å². The number of halogens is 1. The van der Waals surface area contributed by atoms with Crippen molar-refractivity contribution in [2.24, 2.45) is 11.8 Å². The Balaban J connectivity index is 2.24. The van der Waals surface area contributed by atoms with Gasteiger partial charge in [0, 0.05) is 16.3 Å².